The Morgan fingerprint density at radius 2 is 1.96 bits per heavy atom. The van der Waals surface area contributed by atoms with Gasteiger partial charge in [-0.25, -0.2) is 4.68 Å². The normalized spacial score (nSPS) is 17.2. The summed E-state index contributed by atoms with van der Waals surface area (Å²) in [4.78, 5) is 11.3. The van der Waals surface area contributed by atoms with Gasteiger partial charge in [0.25, 0.3) is 0 Å². The summed E-state index contributed by atoms with van der Waals surface area (Å²) in [5.41, 5.74) is 3.05. The lowest BCUT2D eigenvalue weighted by molar-refractivity contribution is 0.201. The van der Waals surface area contributed by atoms with Crippen LogP contribution in [0.2, 0.25) is 0 Å². The highest BCUT2D eigenvalue weighted by Crippen LogP contribution is 2.33. The minimum absolute atomic E-state index is 0.149. The van der Waals surface area contributed by atoms with E-state index in [1.54, 1.807) is 12.4 Å². The first-order valence-corrected chi connectivity index (χ1v) is 9.45. The second-order valence-electron chi connectivity index (χ2n) is 6.92. The van der Waals surface area contributed by atoms with Crippen LogP contribution in [0.15, 0.2) is 71.6 Å². The lowest BCUT2D eigenvalue weighted by atomic mass is 10.1. The van der Waals surface area contributed by atoms with Gasteiger partial charge in [-0.3, -0.25) is 9.88 Å². The van der Waals surface area contributed by atoms with E-state index >= 15 is 0 Å². The van der Waals surface area contributed by atoms with Crippen molar-refractivity contribution in [1.82, 2.24) is 29.8 Å². The molecule has 5 rings (SSSR count). The summed E-state index contributed by atoms with van der Waals surface area (Å²) in [6.07, 6.45) is 7.61. The van der Waals surface area contributed by atoms with E-state index in [4.69, 9.17) is 4.52 Å². The molecule has 140 valence electrons. The van der Waals surface area contributed by atoms with Gasteiger partial charge in [-0.1, -0.05) is 23.4 Å². The van der Waals surface area contributed by atoms with Crippen LogP contribution in [-0.4, -0.2) is 36.3 Å². The highest BCUT2D eigenvalue weighted by Gasteiger charge is 2.30. The van der Waals surface area contributed by atoms with Gasteiger partial charge in [0.1, 0.15) is 5.69 Å². The van der Waals surface area contributed by atoms with Crippen LogP contribution in [0.4, 0.5) is 0 Å². The number of pyridine rings is 1. The Morgan fingerprint density at radius 3 is 2.75 bits per heavy atom. The molecule has 1 saturated heterocycles. The standard InChI is InChI=1S/C21H20N6O/c1-2-11-22-18(5-1)20-24-21(28-25-20)19-6-3-13-26(19)15-16-7-9-17(10-8-16)27-14-4-12-23-27/h1-2,4-5,7-12,14,19H,3,6,13,15H2. The molecule has 0 amide bonds. The Hall–Kier alpha value is -3.32. The first-order valence-electron chi connectivity index (χ1n) is 9.45. The third-order valence-electron chi connectivity index (χ3n) is 5.08. The number of benzene rings is 1. The number of hydrogen-bond donors (Lipinski definition) is 0. The Morgan fingerprint density at radius 1 is 1.04 bits per heavy atom. The van der Waals surface area contributed by atoms with E-state index in [1.165, 1.54) is 5.56 Å². The highest BCUT2D eigenvalue weighted by atomic mass is 16.5. The predicted octanol–water partition coefficient (Wildman–Crippen LogP) is 3.65. The molecule has 1 unspecified atom stereocenters. The lowest BCUT2D eigenvalue weighted by Crippen LogP contribution is -2.23. The smallest absolute Gasteiger partial charge is 0.244 e. The number of hydrogen-bond acceptors (Lipinski definition) is 6. The van der Waals surface area contributed by atoms with Crippen LogP contribution < -0.4 is 0 Å². The molecule has 7 heteroatoms. The van der Waals surface area contributed by atoms with Gasteiger partial charge in [0, 0.05) is 25.1 Å². The molecule has 4 aromatic rings. The summed E-state index contributed by atoms with van der Waals surface area (Å²) in [6.45, 7) is 1.87. The Labute approximate surface area is 162 Å². The predicted molar refractivity (Wildman–Crippen MR) is 103 cm³/mol. The molecule has 0 saturated carbocycles. The molecule has 1 aromatic carbocycles. The summed E-state index contributed by atoms with van der Waals surface area (Å²) >= 11 is 0. The Kier molecular flexibility index (Phi) is 4.42. The van der Waals surface area contributed by atoms with Gasteiger partial charge >= 0.3 is 0 Å². The van der Waals surface area contributed by atoms with Crippen molar-refractivity contribution >= 4 is 0 Å². The largest absolute Gasteiger partial charge is 0.337 e. The summed E-state index contributed by atoms with van der Waals surface area (Å²) in [7, 11) is 0. The van der Waals surface area contributed by atoms with Crippen LogP contribution in [0, 0.1) is 0 Å². The van der Waals surface area contributed by atoms with Crippen LogP contribution in [0.1, 0.15) is 30.3 Å². The van der Waals surface area contributed by atoms with Gasteiger partial charge < -0.3 is 4.52 Å². The van der Waals surface area contributed by atoms with E-state index in [2.05, 4.69) is 49.4 Å². The second kappa shape index (κ2) is 7.36. The van der Waals surface area contributed by atoms with Crippen LogP contribution in [-0.2, 0) is 6.54 Å². The third kappa shape index (κ3) is 3.32. The summed E-state index contributed by atoms with van der Waals surface area (Å²) in [6, 6.07) is 16.3. The molecular formula is C21H20N6O. The van der Waals surface area contributed by atoms with E-state index in [1.807, 2.05) is 35.1 Å². The fourth-order valence-electron chi connectivity index (χ4n) is 3.67. The van der Waals surface area contributed by atoms with E-state index in [0.717, 1.165) is 37.3 Å². The zero-order valence-corrected chi connectivity index (χ0v) is 15.3. The minimum Gasteiger partial charge on any atom is -0.337 e. The van der Waals surface area contributed by atoms with Crippen molar-refractivity contribution in [2.24, 2.45) is 0 Å². The maximum Gasteiger partial charge on any atom is 0.244 e. The number of rotatable bonds is 5. The van der Waals surface area contributed by atoms with Gasteiger partial charge in [-0.2, -0.15) is 10.1 Å². The molecule has 1 aliphatic rings. The van der Waals surface area contributed by atoms with Crippen molar-refractivity contribution in [2.75, 3.05) is 6.54 Å². The van der Waals surface area contributed by atoms with Crippen LogP contribution in [0.5, 0.6) is 0 Å². The molecule has 0 aliphatic carbocycles. The average molecular weight is 372 g/mol. The quantitative estimate of drug-likeness (QED) is 0.532. The molecule has 0 N–H and O–H groups in total. The van der Waals surface area contributed by atoms with Gasteiger partial charge in [-0.05, 0) is 55.3 Å². The summed E-state index contributed by atoms with van der Waals surface area (Å²) < 4.78 is 7.45. The van der Waals surface area contributed by atoms with Crippen molar-refractivity contribution in [2.45, 2.75) is 25.4 Å². The molecule has 0 radical (unpaired) electrons. The highest BCUT2D eigenvalue weighted by molar-refractivity contribution is 5.47. The van der Waals surface area contributed by atoms with E-state index in [-0.39, 0.29) is 6.04 Å². The molecular weight excluding hydrogens is 352 g/mol. The molecule has 7 nitrogen and oxygen atoms in total. The van der Waals surface area contributed by atoms with E-state index < -0.39 is 0 Å². The molecule has 1 fully saturated rings. The number of nitrogens with zero attached hydrogens (tertiary/aromatic N) is 6. The Bertz CT molecular complexity index is 1030. The topological polar surface area (TPSA) is 72.9 Å². The second-order valence-corrected chi connectivity index (χ2v) is 6.92. The summed E-state index contributed by atoms with van der Waals surface area (Å²) in [5.74, 6) is 1.22. The molecule has 0 bridgehead atoms. The van der Waals surface area contributed by atoms with Crippen molar-refractivity contribution in [3.8, 4) is 17.2 Å². The van der Waals surface area contributed by atoms with Crippen molar-refractivity contribution < 1.29 is 4.52 Å². The number of likely N-dealkylation sites (tertiary alicyclic amines) is 1. The first kappa shape index (κ1) is 16.8. The molecule has 0 spiro atoms. The first-order chi connectivity index (χ1) is 13.9. The van der Waals surface area contributed by atoms with Crippen LogP contribution in [0.3, 0.4) is 0 Å². The molecule has 4 heterocycles. The zero-order valence-electron chi connectivity index (χ0n) is 15.3. The van der Waals surface area contributed by atoms with Gasteiger partial charge in [0.15, 0.2) is 0 Å². The average Bonchev–Trinajstić information content (AvgIpc) is 3.51. The molecule has 1 aliphatic heterocycles. The van der Waals surface area contributed by atoms with Gasteiger partial charge in [0.2, 0.25) is 11.7 Å². The van der Waals surface area contributed by atoms with E-state index in [9.17, 15) is 0 Å². The maximum atomic E-state index is 5.58. The third-order valence-corrected chi connectivity index (χ3v) is 5.08. The summed E-state index contributed by atoms with van der Waals surface area (Å²) in [5, 5.41) is 8.40. The monoisotopic (exact) mass is 372 g/mol. The molecule has 28 heavy (non-hydrogen) atoms. The van der Waals surface area contributed by atoms with Crippen molar-refractivity contribution in [3.63, 3.8) is 0 Å². The van der Waals surface area contributed by atoms with Gasteiger partial charge in [0.05, 0.1) is 11.7 Å². The van der Waals surface area contributed by atoms with Crippen LogP contribution in [0.25, 0.3) is 17.2 Å². The fourth-order valence-corrected chi connectivity index (χ4v) is 3.67. The minimum atomic E-state index is 0.149. The zero-order chi connectivity index (χ0) is 18.8. The van der Waals surface area contributed by atoms with Crippen molar-refractivity contribution in [1.29, 1.82) is 0 Å². The number of aromatic nitrogens is 5. The van der Waals surface area contributed by atoms with Crippen molar-refractivity contribution in [3.05, 3.63) is 78.6 Å². The lowest BCUT2D eigenvalue weighted by Gasteiger charge is -2.21. The van der Waals surface area contributed by atoms with E-state index in [0.29, 0.717) is 11.7 Å². The molecule has 1 atom stereocenters. The van der Waals surface area contributed by atoms with Crippen LogP contribution >= 0.6 is 0 Å². The molecule has 3 aromatic heterocycles. The SMILES string of the molecule is c1ccc(-c2noc(C3CCCN3Cc3ccc(-n4cccn4)cc3)n2)nc1. The maximum absolute atomic E-state index is 5.58. The Balaban J connectivity index is 1.31. The van der Waals surface area contributed by atoms with Gasteiger partial charge in [-0.15, -0.1) is 0 Å². The fraction of sp³-hybridized carbons (Fsp3) is 0.238.